The molecular weight excluding hydrogens is 300 g/mol. The number of hydrogen-bond acceptors (Lipinski definition) is 5. The van der Waals surface area contributed by atoms with Crippen LogP contribution in [0.4, 0.5) is 5.69 Å². The summed E-state index contributed by atoms with van der Waals surface area (Å²) in [5.74, 6) is -2.01. The lowest BCUT2D eigenvalue weighted by Crippen LogP contribution is -2.21. The molecule has 1 aromatic carbocycles. The maximum atomic E-state index is 12.4. The highest BCUT2D eigenvalue weighted by Crippen LogP contribution is 2.26. The quantitative estimate of drug-likeness (QED) is 0.937. The summed E-state index contributed by atoms with van der Waals surface area (Å²) < 4.78 is 0. The molecule has 0 bridgehead atoms. The predicted molar refractivity (Wildman–Crippen MR) is 84.1 cm³/mol. The Bertz CT molecular complexity index is 737. The topological polar surface area (TPSA) is 82.1 Å². The molecule has 0 saturated heterocycles. The lowest BCUT2D eigenvalue weighted by molar-refractivity contribution is -0.254. The zero-order valence-corrected chi connectivity index (χ0v) is 13.7. The first-order valence-electron chi connectivity index (χ1n) is 6.87. The molecule has 1 atom stereocenters. The molecule has 0 aliphatic heterocycles. The van der Waals surface area contributed by atoms with Crippen LogP contribution in [-0.4, -0.2) is 16.9 Å². The van der Waals surface area contributed by atoms with E-state index in [2.05, 4.69) is 10.3 Å². The number of aryl methyl sites for hydroxylation is 2. The molecule has 0 radical (unpaired) electrons. The van der Waals surface area contributed by atoms with Crippen molar-refractivity contribution in [1.82, 2.24) is 4.98 Å². The number of thiazole rings is 1. The SMILES string of the molecule is Cc1cccc(NC(=O)[C@H](C)c2nc(C)c(C(=O)[O-])s2)c1C. The first-order chi connectivity index (χ1) is 10.3. The summed E-state index contributed by atoms with van der Waals surface area (Å²) >= 11 is 0.988. The van der Waals surface area contributed by atoms with Gasteiger partial charge in [0.25, 0.3) is 0 Å². The van der Waals surface area contributed by atoms with Crippen molar-refractivity contribution >= 4 is 28.9 Å². The van der Waals surface area contributed by atoms with E-state index in [4.69, 9.17) is 0 Å². The third kappa shape index (κ3) is 3.17. The molecule has 1 amide bonds. The molecule has 0 unspecified atom stereocenters. The van der Waals surface area contributed by atoms with Gasteiger partial charge < -0.3 is 15.2 Å². The van der Waals surface area contributed by atoms with E-state index in [1.807, 2.05) is 32.0 Å². The van der Waals surface area contributed by atoms with E-state index >= 15 is 0 Å². The maximum Gasteiger partial charge on any atom is 0.234 e. The molecule has 6 heteroatoms. The summed E-state index contributed by atoms with van der Waals surface area (Å²) in [5, 5.41) is 14.3. The van der Waals surface area contributed by atoms with Crippen molar-refractivity contribution in [1.29, 1.82) is 0 Å². The van der Waals surface area contributed by atoms with Crippen LogP contribution >= 0.6 is 11.3 Å². The van der Waals surface area contributed by atoms with Crippen LogP contribution in [0, 0.1) is 20.8 Å². The van der Waals surface area contributed by atoms with Crippen molar-refractivity contribution < 1.29 is 14.7 Å². The molecule has 5 nitrogen and oxygen atoms in total. The summed E-state index contributed by atoms with van der Waals surface area (Å²) in [6.07, 6.45) is 0. The zero-order valence-electron chi connectivity index (χ0n) is 12.9. The van der Waals surface area contributed by atoms with E-state index in [1.54, 1.807) is 13.8 Å². The second kappa shape index (κ2) is 6.27. The highest BCUT2D eigenvalue weighted by Gasteiger charge is 2.21. The summed E-state index contributed by atoms with van der Waals surface area (Å²) in [6.45, 7) is 7.22. The van der Waals surface area contributed by atoms with Gasteiger partial charge in [0.15, 0.2) is 0 Å². The first-order valence-corrected chi connectivity index (χ1v) is 7.68. The minimum Gasteiger partial charge on any atom is -0.544 e. The van der Waals surface area contributed by atoms with Crippen LogP contribution in [0.1, 0.15) is 44.3 Å². The Hall–Kier alpha value is -2.21. The van der Waals surface area contributed by atoms with Gasteiger partial charge in [0, 0.05) is 5.69 Å². The number of aromatic carboxylic acids is 1. The van der Waals surface area contributed by atoms with Gasteiger partial charge in [-0.3, -0.25) is 4.79 Å². The number of benzene rings is 1. The molecule has 0 aliphatic rings. The van der Waals surface area contributed by atoms with E-state index in [0.29, 0.717) is 10.7 Å². The van der Waals surface area contributed by atoms with Crippen LogP contribution in [0.3, 0.4) is 0 Å². The Morgan fingerprint density at radius 3 is 2.55 bits per heavy atom. The summed E-state index contributed by atoms with van der Waals surface area (Å²) in [5.41, 5.74) is 3.24. The van der Waals surface area contributed by atoms with Crippen molar-refractivity contribution in [3.05, 3.63) is 44.9 Å². The summed E-state index contributed by atoms with van der Waals surface area (Å²) in [4.78, 5) is 27.6. The normalized spacial score (nSPS) is 12.0. The van der Waals surface area contributed by atoms with Gasteiger partial charge in [-0.05, 0) is 44.9 Å². The van der Waals surface area contributed by atoms with Crippen molar-refractivity contribution in [2.24, 2.45) is 0 Å². The molecular formula is C16H17N2O3S-. The van der Waals surface area contributed by atoms with E-state index in [9.17, 15) is 14.7 Å². The number of carbonyl (C=O) groups is 2. The molecule has 0 spiro atoms. The second-order valence-electron chi connectivity index (χ2n) is 5.21. The predicted octanol–water partition coefficient (Wildman–Crippen LogP) is 2.17. The third-order valence-corrected chi connectivity index (χ3v) is 4.94. The Morgan fingerprint density at radius 2 is 1.95 bits per heavy atom. The molecule has 0 saturated carbocycles. The first kappa shape index (κ1) is 16.2. The van der Waals surface area contributed by atoms with Gasteiger partial charge in [0.1, 0.15) is 5.01 Å². The number of nitrogens with zero attached hydrogens (tertiary/aromatic N) is 1. The lowest BCUT2D eigenvalue weighted by Gasteiger charge is -2.13. The standard InChI is InChI=1S/C16H18N2O3S/c1-8-6-5-7-12(9(8)2)18-14(19)10(3)15-17-11(4)13(22-15)16(20)21/h5-7,10H,1-4H3,(H,18,19)(H,20,21)/p-1/t10-/m0/s1. The van der Waals surface area contributed by atoms with E-state index in [0.717, 1.165) is 28.2 Å². The van der Waals surface area contributed by atoms with Crippen LogP contribution in [-0.2, 0) is 4.79 Å². The number of aromatic nitrogens is 1. The van der Waals surface area contributed by atoms with Crippen molar-refractivity contribution in [2.75, 3.05) is 5.32 Å². The molecule has 2 rings (SSSR count). The Balaban J connectivity index is 2.21. The molecule has 1 heterocycles. The molecule has 0 fully saturated rings. The maximum absolute atomic E-state index is 12.4. The van der Waals surface area contributed by atoms with E-state index in [1.165, 1.54) is 0 Å². The highest BCUT2D eigenvalue weighted by molar-refractivity contribution is 7.13. The van der Waals surface area contributed by atoms with Crippen LogP contribution in [0.2, 0.25) is 0 Å². The zero-order chi connectivity index (χ0) is 16.4. The minimum absolute atomic E-state index is 0.0707. The summed E-state index contributed by atoms with van der Waals surface area (Å²) in [7, 11) is 0. The smallest absolute Gasteiger partial charge is 0.234 e. The second-order valence-corrected chi connectivity index (χ2v) is 6.24. The van der Waals surface area contributed by atoms with Crippen molar-refractivity contribution in [3.63, 3.8) is 0 Å². The van der Waals surface area contributed by atoms with Gasteiger partial charge in [-0.1, -0.05) is 12.1 Å². The molecule has 1 N–H and O–H groups in total. The number of carbonyl (C=O) groups excluding carboxylic acids is 2. The highest BCUT2D eigenvalue weighted by atomic mass is 32.1. The number of rotatable bonds is 4. The number of nitrogens with one attached hydrogen (secondary N) is 1. The monoisotopic (exact) mass is 317 g/mol. The fraction of sp³-hybridized carbons (Fsp3) is 0.312. The molecule has 116 valence electrons. The number of hydrogen-bond donors (Lipinski definition) is 1. The fourth-order valence-electron chi connectivity index (χ4n) is 2.03. The van der Waals surface area contributed by atoms with Gasteiger partial charge in [-0.2, -0.15) is 0 Å². The number of amides is 1. The van der Waals surface area contributed by atoms with Crippen LogP contribution in [0.25, 0.3) is 0 Å². The Kier molecular flexibility index (Phi) is 4.61. The third-order valence-electron chi connectivity index (χ3n) is 3.62. The van der Waals surface area contributed by atoms with E-state index in [-0.39, 0.29) is 10.8 Å². The number of carboxylic acid groups (broad SMARTS) is 1. The van der Waals surface area contributed by atoms with Gasteiger partial charge in [-0.25, -0.2) is 4.98 Å². The van der Waals surface area contributed by atoms with Gasteiger partial charge >= 0.3 is 0 Å². The Labute approximate surface area is 133 Å². The van der Waals surface area contributed by atoms with Gasteiger partial charge in [-0.15, -0.1) is 11.3 Å². The number of anilines is 1. The molecule has 22 heavy (non-hydrogen) atoms. The average Bonchev–Trinajstić information content (AvgIpc) is 2.85. The summed E-state index contributed by atoms with van der Waals surface area (Å²) in [6, 6.07) is 5.70. The number of carboxylic acids is 1. The van der Waals surface area contributed by atoms with Gasteiger partial charge in [0.05, 0.1) is 22.5 Å². The van der Waals surface area contributed by atoms with Crippen molar-refractivity contribution in [2.45, 2.75) is 33.6 Å². The van der Waals surface area contributed by atoms with Gasteiger partial charge in [0.2, 0.25) is 5.91 Å². The molecule has 2 aromatic rings. The largest absolute Gasteiger partial charge is 0.544 e. The molecule has 0 aliphatic carbocycles. The lowest BCUT2D eigenvalue weighted by atomic mass is 10.1. The van der Waals surface area contributed by atoms with E-state index < -0.39 is 11.9 Å². The fourth-order valence-corrected chi connectivity index (χ4v) is 2.98. The van der Waals surface area contributed by atoms with Crippen LogP contribution < -0.4 is 10.4 Å². The minimum atomic E-state index is -1.26. The van der Waals surface area contributed by atoms with Crippen LogP contribution in [0.5, 0.6) is 0 Å². The van der Waals surface area contributed by atoms with Crippen molar-refractivity contribution in [3.8, 4) is 0 Å². The average molecular weight is 317 g/mol. The molecule has 1 aromatic heterocycles. The van der Waals surface area contributed by atoms with Crippen LogP contribution in [0.15, 0.2) is 18.2 Å². The Morgan fingerprint density at radius 1 is 1.27 bits per heavy atom.